The van der Waals surface area contributed by atoms with Gasteiger partial charge in [0.25, 0.3) is 5.91 Å². The van der Waals surface area contributed by atoms with Crippen molar-refractivity contribution in [3.05, 3.63) is 82.7 Å². The topological polar surface area (TPSA) is 62.1 Å². The van der Waals surface area contributed by atoms with Crippen molar-refractivity contribution in [1.82, 2.24) is 4.57 Å². The summed E-state index contributed by atoms with van der Waals surface area (Å²) in [5, 5.41) is 0. The van der Waals surface area contributed by atoms with Crippen LogP contribution in [0.4, 0.5) is 0 Å². The van der Waals surface area contributed by atoms with Crippen LogP contribution in [0.5, 0.6) is 17.2 Å². The standard InChI is InChI=1S/C25H22N2O4S/c1-29-14-13-27-19-12-11-16(30-2)15-22(19)32-25(27)26-24(28)23-17-7-3-5-9-20(17)31-21-10-6-4-8-18(21)23/h3-12,15,23H,13-14H2,1-2H3. The van der Waals surface area contributed by atoms with Crippen molar-refractivity contribution < 1.29 is 19.0 Å². The van der Waals surface area contributed by atoms with Gasteiger partial charge in [0, 0.05) is 24.8 Å². The molecule has 0 N–H and O–H groups in total. The fourth-order valence-corrected chi connectivity index (χ4v) is 5.09. The molecular formula is C25H22N2O4S. The number of fused-ring (bicyclic) bond motifs is 3. The Kier molecular flexibility index (Phi) is 5.51. The van der Waals surface area contributed by atoms with Crippen molar-refractivity contribution in [2.45, 2.75) is 12.5 Å². The summed E-state index contributed by atoms with van der Waals surface area (Å²) in [5.74, 6) is 1.40. The van der Waals surface area contributed by atoms with E-state index >= 15 is 0 Å². The quantitative estimate of drug-likeness (QED) is 0.445. The summed E-state index contributed by atoms with van der Waals surface area (Å²) in [6, 6.07) is 21.1. The van der Waals surface area contributed by atoms with Crippen molar-refractivity contribution >= 4 is 27.5 Å². The molecule has 32 heavy (non-hydrogen) atoms. The number of para-hydroxylation sites is 2. The lowest BCUT2D eigenvalue weighted by Crippen LogP contribution is -2.23. The van der Waals surface area contributed by atoms with Gasteiger partial charge in [-0.25, -0.2) is 0 Å². The number of hydrogen-bond acceptors (Lipinski definition) is 5. The number of hydrogen-bond donors (Lipinski definition) is 0. The van der Waals surface area contributed by atoms with Crippen molar-refractivity contribution in [3.63, 3.8) is 0 Å². The number of aromatic nitrogens is 1. The molecule has 0 fully saturated rings. The molecule has 0 atom stereocenters. The van der Waals surface area contributed by atoms with E-state index in [2.05, 4.69) is 4.99 Å². The molecule has 6 nitrogen and oxygen atoms in total. The lowest BCUT2D eigenvalue weighted by molar-refractivity contribution is -0.118. The third kappa shape index (κ3) is 3.59. The van der Waals surface area contributed by atoms with Crippen LogP contribution in [-0.2, 0) is 16.1 Å². The molecule has 7 heteroatoms. The van der Waals surface area contributed by atoms with E-state index in [1.54, 1.807) is 14.2 Å². The number of nitrogens with zero attached hydrogens (tertiary/aromatic N) is 2. The van der Waals surface area contributed by atoms with Gasteiger partial charge >= 0.3 is 0 Å². The van der Waals surface area contributed by atoms with E-state index in [0.29, 0.717) is 29.5 Å². The first-order chi connectivity index (χ1) is 15.7. The molecule has 0 unspecified atom stereocenters. The maximum absolute atomic E-state index is 13.6. The van der Waals surface area contributed by atoms with Gasteiger partial charge < -0.3 is 18.8 Å². The minimum absolute atomic E-state index is 0.224. The zero-order chi connectivity index (χ0) is 22.1. The number of rotatable bonds is 5. The Balaban J connectivity index is 1.65. The van der Waals surface area contributed by atoms with Crippen molar-refractivity contribution in [2.24, 2.45) is 4.99 Å². The minimum atomic E-state index is -0.522. The van der Waals surface area contributed by atoms with E-state index in [0.717, 1.165) is 27.1 Å². The molecule has 4 aromatic rings. The number of ether oxygens (including phenoxy) is 3. The Bertz CT molecular complexity index is 1330. The number of carbonyl (C=O) groups excluding carboxylic acids is 1. The molecule has 0 aliphatic carbocycles. The zero-order valence-electron chi connectivity index (χ0n) is 17.8. The summed E-state index contributed by atoms with van der Waals surface area (Å²) in [6.07, 6.45) is 0. The zero-order valence-corrected chi connectivity index (χ0v) is 18.6. The molecule has 5 rings (SSSR count). The van der Waals surface area contributed by atoms with Crippen LogP contribution in [0.25, 0.3) is 10.2 Å². The highest BCUT2D eigenvalue weighted by atomic mass is 32.1. The summed E-state index contributed by atoms with van der Waals surface area (Å²) < 4.78 is 19.7. The predicted molar refractivity (Wildman–Crippen MR) is 124 cm³/mol. The van der Waals surface area contributed by atoms with Gasteiger partial charge in [0.2, 0.25) is 0 Å². The summed E-state index contributed by atoms with van der Waals surface area (Å²) >= 11 is 1.47. The van der Waals surface area contributed by atoms with Crippen LogP contribution < -0.4 is 14.3 Å². The molecule has 2 heterocycles. The Labute approximate surface area is 189 Å². The summed E-state index contributed by atoms with van der Waals surface area (Å²) in [7, 11) is 3.30. The van der Waals surface area contributed by atoms with Gasteiger partial charge in [-0.05, 0) is 30.3 Å². The smallest absolute Gasteiger partial charge is 0.260 e. The average molecular weight is 447 g/mol. The number of thiazole rings is 1. The average Bonchev–Trinajstić information content (AvgIpc) is 3.16. The van der Waals surface area contributed by atoms with Crippen LogP contribution in [0, 0.1) is 0 Å². The largest absolute Gasteiger partial charge is 0.497 e. The van der Waals surface area contributed by atoms with E-state index in [1.165, 1.54) is 11.3 Å². The fourth-order valence-electron chi connectivity index (χ4n) is 4.00. The SMILES string of the molecule is COCCn1c(=NC(=O)C2c3ccccc3Oc3ccccc32)sc2cc(OC)ccc21. The first-order valence-corrected chi connectivity index (χ1v) is 11.1. The molecule has 1 aliphatic heterocycles. The van der Waals surface area contributed by atoms with Crippen LogP contribution in [0.1, 0.15) is 17.0 Å². The van der Waals surface area contributed by atoms with E-state index in [-0.39, 0.29) is 5.91 Å². The monoisotopic (exact) mass is 446 g/mol. The second-order valence-corrected chi connectivity index (χ2v) is 8.43. The number of benzene rings is 3. The highest BCUT2D eigenvalue weighted by Gasteiger charge is 2.32. The molecule has 1 amide bonds. The summed E-state index contributed by atoms with van der Waals surface area (Å²) in [4.78, 5) is 18.9. The van der Waals surface area contributed by atoms with E-state index in [9.17, 15) is 4.79 Å². The maximum Gasteiger partial charge on any atom is 0.260 e. The van der Waals surface area contributed by atoms with Crippen LogP contribution >= 0.6 is 11.3 Å². The molecule has 3 aromatic carbocycles. The van der Waals surface area contributed by atoms with Gasteiger partial charge in [0.1, 0.15) is 17.2 Å². The molecule has 0 radical (unpaired) electrons. The van der Waals surface area contributed by atoms with Crippen molar-refractivity contribution in [2.75, 3.05) is 20.8 Å². The Morgan fingerprint density at radius 2 is 1.72 bits per heavy atom. The van der Waals surface area contributed by atoms with Crippen LogP contribution in [-0.4, -0.2) is 31.3 Å². The van der Waals surface area contributed by atoms with Crippen LogP contribution in [0.2, 0.25) is 0 Å². The molecule has 0 saturated carbocycles. The van der Waals surface area contributed by atoms with Gasteiger partial charge in [-0.3, -0.25) is 4.79 Å². The molecule has 0 spiro atoms. The third-order valence-electron chi connectivity index (χ3n) is 5.54. The Morgan fingerprint density at radius 3 is 2.38 bits per heavy atom. The fraction of sp³-hybridized carbons (Fsp3) is 0.200. The molecule has 162 valence electrons. The number of amides is 1. The molecule has 0 saturated heterocycles. The second kappa shape index (κ2) is 8.61. The molecule has 1 aliphatic rings. The predicted octanol–water partition coefficient (Wildman–Crippen LogP) is 4.72. The highest BCUT2D eigenvalue weighted by molar-refractivity contribution is 7.16. The lowest BCUT2D eigenvalue weighted by Gasteiger charge is -2.25. The maximum atomic E-state index is 13.6. The van der Waals surface area contributed by atoms with Crippen LogP contribution in [0.3, 0.4) is 0 Å². The van der Waals surface area contributed by atoms with Gasteiger partial charge in [-0.2, -0.15) is 4.99 Å². The highest BCUT2D eigenvalue weighted by Crippen LogP contribution is 2.44. The van der Waals surface area contributed by atoms with E-state index in [4.69, 9.17) is 14.2 Å². The molecule has 0 bridgehead atoms. The Hall–Kier alpha value is -3.42. The molecule has 1 aromatic heterocycles. The van der Waals surface area contributed by atoms with Crippen molar-refractivity contribution in [3.8, 4) is 17.2 Å². The number of carbonyl (C=O) groups is 1. The first-order valence-electron chi connectivity index (χ1n) is 10.3. The van der Waals surface area contributed by atoms with E-state index < -0.39 is 5.92 Å². The van der Waals surface area contributed by atoms with Gasteiger partial charge in [0.05, 0.1) is 29.9 Å². The van der Waals surface area contributed by atoms with Crippen molar-refractivity contribution in [1.29, 1.82) is 0 Å². The molecular weight excluding hydrogens is 424 g/mol. The lowest BCUT2D eigenvalue weighted by atomic mass is 9.87. The second-order valence-electron chi connectivity index (χ2n) is 7.42. The summed E-state index contributed by atoms with van der Waals surface area (Å²) in [5.41, 5.74) is 2.64. The summed E-state index contributed by atoms with van der Waals surface area (Å²) in [6.45, 7) is 1.11. The number of methoxy groups -OCH3 is 2. The van der Waals surface area contributed by atoms with Crippen LogP contribution in [0.15, 0.2) is 71.7 Å². The van der Waals surface area contributed by atoms with Gasteiger partial charge in [-0.15, -0.1) is 0 Å². The Morgan fingerprint density at radius 1 is 1.03 bits per heavy atom. The van der Waals surface area contributed by atoms with Gasteiger partial charge in [0.15, 0.2) is 4.80 Å². The normalized spacial score (nSPS) is 13.5. The first kappa shape index (κ1) is 20.5. The third-order valence-corrected chi connectivity index (χ3v) is 6.58. The minimum Gasteiger partial charge on any atom is -0.497 e. The van der Waals surface area contributed by atoms with Gasteiger partial charge in [-0.1, -0.05) is 47.7 Å². The van der Waals surface area contributed by atoms with E-state index in [1.807, 2.05) is 71.3 Å².